The number of imidazole rings is 1. The van der Waals surface area contributed by atoms with Crippen LogP contribution >= 0.6 is 0 Å². The third-order valence-electron chi connectivity index (χ3n) is 4.54. The zero-order valence-corrected chi connectivity index (χ0v) is 16.5. The lowest BCUT2D eigenvalue weighted by molar-refractivity contribution is -0.667. The minimum Gasteiger partial charge on any atom is -0.494 e. The van der Waals surface area contributed by atoms with Crippen molar-refractivity contribution in [3.63, 3.8) is 0 Å². The van der Waals surface area contributed by atoms with Crippen LogP contribution in [-0.2, 0) is 13.6 Å². The van der Waals surface area contributed by atoms with Gasteiger partial charge in [-0.25, -0.2) is 9.13 Å². The molecule has 0 aliphatic rings. The van der Waals surface area contributed by atoms with Gasteiger partial charge in [0.05, 0.1) is 20.3 Å². The molecule has 3 aromatic rings. The first-order valence-corrected chi connectivity index (χ1v) is 9.37. The number of nitrogens with two attached hydrogens (primary N) is 1. The van der Waals surface area contributed by atoms with Crippen LogP contribution in [0.4, 0.5) is 5.95 Å². The number of ether oxygens (including phenoxy) is 2. The first-order chi connectivity index (χ1) is 13.5. The summed E-state index contributed by atoms with van der Waals surface area (Å²) in [5.41, 5.74) is 8.80. The zero-order chi connectivity index (χ0) is 20.1. The third-order valence-corrected chi connectivity index (χ3v) is 4.54. The Morgan fingerprint density at radius 1 is 0.964 bits per heavy atom. The molecular formula is C22H26N3O3+. The highest BCUT2D eigenvalue weighted by molar-refractivity contribution is 5.95. The van der Waals surface area contributed by atoms with Crippen molar-refractivity contribution in [1.82, 2.24) is 4.57 Å². The molecule has 2 aromatic carbocycles. The van der Waals surface area contributed by atoms with E-state index in [0.29, 0.717) is 24.7 Å². The Bertz CT molecular complexity index is 944. The zero-order valence-electron chi connectivity index (χ0n) is 16.5. The van der Waals surface area contributed by atoms with E-state index in [1.54, 1.807) is 28.8 Å². The van der Waals surface area contributed by atoms with E-state index < -0.39 is 0 Å². The molecule has 0 atom stereocenters. The van der Waals surface area contributed by atoms with E-state index in [1.807, 2.05) is 55.9 Å². The molecule has 0 bridgehead atoms. The van der Waals surface area contributed by atoms with Gasteiger partial charge in [-0.3, -0.25) is 10.5 Å². The number of rotatable bonds is 8. The number of anilines is 1. The predicted octanol–water partition coefficient (Wildman–Crippen LogP) is 3.24. The highest BCUT2D eigenvalue weighted by atomic mass is 16.5. The molecular weight excluding hydrogens is 354 g/mol. The first-order valence-electron chi connectivity index (χ1n) is 9.37. The number of Topliss-reactive ketones (excluding diaryl/α,β-unsaturated/α-hetero) is 1. The minimum absolute atomic E-state index is 0.0106. The van der Waals surface area contributed by atoms with Crippen LogP contribution in [0.25, 0.3) is 11.3 Å². The Hall–Kier alpha value is -3.28. The summed E-state index contributed by atoms with van der Waals surface area (Å²) < 4.78 is 14.6. The second kappa shape index (κ2) is 8.61. The molecule has 0 aliphatic heterocycles. The molecule has 3 rings (SSSR count). The van der Waals surface area contributed by atoms with Crippen LogP contribution in [0.3, 0.4) is 0 Å². The normalized spacial score (nSPS) is 10.7. The van der Waals surface area contributed by atoms with Crippen LogP contribution < -0.4 is 19.8 Å². The minimum atomic E-state index is -0.0106. The van der Waals surface area contributed by atoms with Crippen LogP contribution in [0, 0.1) is 0 Å². The molecule has 0 fully saturated rings. The molecule has 0 unspecified atom stereocenters. The number of carbonyl (C=O) groups is 1. The van der Waals surface area contributed by atoms with Gasteiger partial charge in [-0.1, -0.05) is 0 Å². The van der Waals surface area contributed by atoms with Gasteiger partial charge < -0.3 is 9.47 Å². The maximum Gasteiger partial charge on any atom is 0.355 e. The van der Waals surface area contributed by atoms with Crippen molar-refractivity contribution in [3.05, 3.63) is 60.3 Å². The van der Waals surface area contributed by atoms with E-state index in [9.17, 15) is 4.79 Å². The van der Waals surface area contributed by atoms with E-state index in [4.69, 9.17) is 15.2 Å². The molecule has 6 nitrogen and oxygen atoms in total. The van der Waals surface area contributed by atoms with Crippen molar-refractivity contribution in [2.24, 2.45) is 7.05 Å². The summed E-state index contributed by atoms with van der Waals surface area (Å²) in [4.78, 5) is 12.7. The first kappa shape index (κ1) is 19.5. The van der Waals surface area contributed by atoms with Crippen LogP contribution in [0.1, 0.15) is 24.2 Å². The molecule has 1 aromatic heterocycles. The Balaban J connectivity index is 1.79. The van der Waals surface area contributed by atoms with E-state index in [0.717, 1.165) is 22.8 Å². The lowest BCUT2D eigenvalue weighted by Crippen LogP contribution is -2.39. The molecule has 6 heteroatoms. The van der Waals surface area contributed by atoms with Gasteiger partial charge in [-0.15, -0.1) is 0 Å². The number of ketones is 1. The summed E-state index contributed by atoms with van der Waals surface area (Å²) in [5.74, 6) is 2.09. The SMILES string of the molecule is CCOc1ccc(C(=O)C[n+]2cc(-c3ccc(OCC)cc3)n(C)c2N)cc1. The second-order valence-corrected chi connectivity index (χ2v) is 6.40. The molecule has 28 heavy (non-hydrogen) atoms. The van der Waals surface area contributed by atoms with Crippen molar-refractivity contribution in [1.29, 1.82) is 0 Å². The van der Waals surface area contributed by atoms with Crippen LogP contribution in [0.2, 0.25) is 0 Å². The predicted molar refractivity (Wildman–Crippen MR) is 109 cm³/mol. The van der Waals surface area contributed by atoms with E-state index in [1.165, 1.54) is 0 Å². The number of nitrogen functional groups attached to an aromatic ring is 1. The maximum absolute atomic E-state index is 12.7. The molecule has 0 amide bonds. The van der Waals surface area contributed by atoms with Crippen molar-refractivity contribution in [2.75, 3.05) is 18.9 Å². The van der Waals surface area contributed by atoms with E-state index >= 15 is 0 Å². The fourth-order valence-electron chi connectivity index (χ4n) is 3.05. The highest BCUT2D eigenvalue weighted by Crippen LogP contribution is 2.23. The number of benzene rings is 2. The van der Waals surface area contributed by atoms with Crippen LogP contribution in [0.5, 0.6) is 11.5 Å². The summed E-state index contributed by atoms with van der Waals surface area (Å²) in [6.07, 6.45) is 1.90. The maximum atomic E-state index is 12.7. The highest BCUT2D eigenvalue weighted by Gasteiger charge is 2.20. The van der Waals surface area contributed by atoms with E-state index in [-0.39, 0.29) is 12.3 Å². The topological polar surface area (TPSA) is 70.4 Å². The van der Waals surface area contributed by atoms with Gasteiger partial charge in [0.15, 0.2) is 5.78 Å². The Morgan fingerprint density at radius 2 is 1.50 bits per heavy atom. The number of aromatic nitrogens is 2. The summed E-state index contributed by atoms with van der Waals surface area (Å²) in [6, 6.07) is 15.0. The van der Waals surface area contributed by atoms with E-state index in [2.05, 4.69) is 0 Å². The summed E-state index contributed by atoms with van der Waals surface area (Å²) in [6.45, 7) is 5.28. The quantitative estimate of drug-likeness (QED) is 0.481. The van der Waals surface area contributed by atoms with Crippen LogP contribution in [0.15, 0.2) is 54.7 Å². The molecule has 0 spiro atoms. The average molecular weight is 380 g/mol. The number of hydrogen-bond acceptors (Lipinski definition) is 4. The molecule has 0 radical (unpaired) electrons. The average Bonchev–Trinajstić information content (AvgIpc) is 2.98. The largest absolute Gasteiger partial charge is 0.494 e. The van der Waals surface area contributed by atoms with Gasteiger partial charge in [0.1, 0.15) is 29.9 Å². The van der Waals surface area contributed by atoms with Gasteiger partial charge in [-0.2, -0.15) is 0 Å². The Morgan fingerprint density at radius 3 is 2.04 bits per heavy atom. The van der Waals surface area contributed by atoms with Gasteiger partial charge >= 0.3 is 5.95 Å². The monoisotopic (exact) mass is 380 g/mol. The fourth-order valence-corrected chi connectivity index (χ4v) is 3.05. The molecule has 146 valence electrons. The Kier molecular flexibility index (Phi) is 5.99. The second-order valence-electron chi connectivity index (χ2n) is 6.40. The number of hydrogen-bond donors (Lipinski definition) is 1. The van der Waals surface area contributed by atoms with Gasteiger partial charge in [0.2, 0.25) is 0 Å². The Labute approximate surface area is 165 Å². The third kappa shape index (κ3) is 4.17. The van der Waals surface area contributed by atoms with Crippen molar-refractivity contribution in [2.45, 2.75) is 20.4 Å². The summed E-state index contributed by atoms with van der Waals surface area (Å²) in [7, 11) is 1.89. The smallest absolute Gasteiger partial charge is 0.355 e. The lowest BCUT2D eigenvalue weighted by atomic mass is 10.1. The fraction of sp³-hybridized carbons (Fsp3) is 0.273. The van der Waals surface area contributed by atoms with Crippen molar-refractivity contribution in [3.8, 4) is 22.8 Å². The molecule has 0 saturated carbocycles. The number of carbonyl (C=O) groups excluding carboxylic acids is 1. The molecule has 0 saturated heterocycles. The molecule has 0 aliphatic carbocycles. The standard InChI is InChI=1S/C22H25N3O3/c1-4-27-18-10-6-16(7-11-18)20-14-25(22(23)24(20)3)15-21(26)17-8-12-19(13-9-17)28-5-2/h6-14,23H,4-5,15H2,1-3H3/p+1. The van der Waals surface area contributed by atoms with Crippen LogP contribution in [-0.4, -0.2) is 23.6 Å². The molecule has 2 N–H and O–H groups in total. The molecule has 1 heterocycles. The van der Waals surface area contributed by atoms with Crippen molar-refractivity contribution >= 4 is 11.7 Å². The lowest BCUT2D eigenvalue weighted by Gasteiger charge is -2.04. The van der Waals surface area contributed by atoms with Gasteiger partial charge in [-0.05, 0) is 62.4 Å². The summed E-state index contributed by atoms with van der Waals surface area (Å²) in [5, 5.41) is 0. The van der Waals surface area contributed by atoms with Gasteiger partial charge in [0.25, 0.3) is 0 Å². The number of nitrogens with zero attached hydrogens (tertiary/aromatic N) is 2. The summed E-state index contributed by atoms with van der Waals surface area (Å²) >= 11 is 0. The van der Waals surface area contributed by atoms with Crippen molar-refractivity contribution < 1.29 is 18.8 Å². The van der Waals surface area contributed by atoms with Gasteiger partial charge in [0, 0.05) is 11.1 Å².